The lowest BCUT2D eigenvalue weighted by Crippen LogP contribution is -2.23. The largest absolute Gasteiger partial charge is 0.312 e. The highest BCUT2D eigenvalue weighted by molar-refractivity contribution is 7.85. The van der Waals surface area contributed by atoms with Gasteiger partial charge in [-0.2, -0.15) is 8.42 Å². The molecule has 1 aliphatic rings. The third-order valence-corrected chi connectivity index (χ3v) is 3.21. The zero-order valence-electron chi connectivity index (χ0n) is 7.93. The van der Waals surface area contributed by atoms with Crippen LogP contribution >= 0.6 is 12.4 Å². The maximum Gasteiger partial charge on any atom is 0.294 e. The van der Waals surface area contributed by atoms with E-state index in [4.69, 9.17) is 4.55 Å². The van der Waals surface area contributed by atoms with E-state index in [1.165, 1.54) is 12.1 Å². The highest BCUT2D eigenvalue weighted by atomic mass is 35.5. The van der Waals surface area contributed by atoms with Crippen molar-refractivity contribution in [3.63, 3.8) is 0 Å². The highest BCUT2D eigenvalue weighted by Crippen LogP contribution is 2.18. The van der Waals surface area contributed by atoms with Gasteiger partial charge < -0.3 is 5.32 Å². The summed E-state index contributed by atoms with van der Waals surface area (Å²) in [5.74, 6) is 0. The second-order valence-electron chi connectivity index (χ2n) is 3.33. The SMILES string of the molecule is Cl.O=S(=O)(O)c1ccc2c(c1)CNCC2. The molecule has 0 unspecified atom stereocenters. The molecule has 4 nitrogen and oxygen atoms in total. The van der Waals surface area contributed by atoms with Gasteiger partial charge in [0.15, 0.2) is 0 Å². The van der Waals surface area contributed by atoms with Crippen molar-refractivity contribution >= 4 is 22.5 Å². The Hall–Kier alpha value is -0.620. The molecule has 2 rings (SSSR count). The van der Waals surface area contributed by atoms with E-state index in [2.05, 4.69) is 5.32 Å². The molecule has 0 aliphatic carbocycles. The number of halogens is 1. The molecule has 0 saturated heterocycles. The maximum absolute atomic E-state index is 10.9. The lowest BCUT2D eigenvalue weighted by Gasteiger charge is -2.17. The first-order valence-electron chi connectivity index (χ1n) is 4.37. The fourth-order valence-corrected chi connectivity index (χ4v) is 2.15. The first kappa shape index (κ1) is 12.4. The van der Waals surface area contributed by atoms with E-state index in [9.17, 15) is 8.42 Å². The zero-order valence-corrected chi connectivity index (χ0v) is 9.57. The Kier molecular flexibility index (Phi) is 3.72. The van der Waals surface area contributed by atoms with Crippen LogP contribution in [0.5, 0.6) is 0 Å². The molecule has 0 bridgehead atoms. The van der Waals surface area contributed by atoms with Crippen LogP contribution in [0.4, 0.5) is 0 Å². The number of fused-ring (bicyclic) bond motifs is 1. The lowest BCUT2D eigenvalue weighted by atomic mass is 10.0. The Labute approximate surface area is 94.9 Å². The summed E-state index contributed by atoms with van der Waals surface area (Å²) in [6.07, 6.45) is 0.904. The van der Waals surface area contributed by atoms with Crippen molar-refractivity contribution in [3.05, 3.63) is 29.3 Å². The van der Waals surface area contributed by atoms with Crippen LogP contribution in [0, 0.1) is 0 Å². The van der Waals surface area contributed by atoms with E-state index in [0.29, 0.717) is 6.54 Å². The molecule has 2 N–H and O–H groups in total. The Balaban J connectivity index is 0.00000112. The van der Waals surface area contributed by atoms with Gasteiger partial charge in [-0.25, -0.2) is 0 Å². The molecule has 0 aromatic heterocycles. The summed E-state index contributed by atoms with van der Waals surface area (Å²) in [7, 11) is -4.06. The van der Waals surface area contributed by atoms with E-state index in [1.54, 1.807) is 6.07 Å². The molecule has 0 spiro atoms. The molecule has 0 atom stereocenters. The van der Waals surface area contributed by atoms with E-state index >= 15 is 0 Å². The second-order valence-corrected chi connectivity index (χ2v) is 4.75. The molecule has 84 valence electrons. The van der Waals surface area contributed by atoms with Crippen LogP contribution in [0.15, 0.2) is 23.1 Å². The monoisotopic (exact) mass is 249 g/mol. The van der Waals surface area contributed by atoms with Gasteiger partial charge in [-0.1, -0.05) is 6.07 Å². The van der Waals surface area contributed by atoms with Gasteiger partial charge in [0.25, 0.3) is 10.1 Å². The summed E-state index contributed by atoms with van der Waals surface area (Å²) < 4.78 is 30.6. The second kappa shape index (κ2) is 4.49. The Bertz CT molecular complexity index is 458. The van der Waals surface area contributed by atoms with Crippen LogP contribution in [0.2, 0.25) is 0 Å². The first-order valence-corrected chi connectivity index (χ1v) is 5.81. The predicted octanol–water partition coefficient (Wildman–Crippen LogP) is 1.00. The third kappa shape index (κ3) is 2.69. The number of nitrogens with one attached hydrogen (secondary N) is 1. The lowest BCUT2D eigenvalue weighted by molar-refractivity contribution is 0.483. The van der Waals surface area contributed by atoms with Crippen molar-refractivity contribution in [1.29, 1.82) is 0 Å². The van der Waals surface area contributed by atoms with E-state index in [1.807, 2.05) is 0 Å². The average molecular weight is 250 g/mol. The summed E-state index contributed by atoms with van der Waals surface area (Å²) >= 11 is 0. The van der Waals surface area contributed by atoms with Crippen LogP contribution in [-0.2, 0) is 23.1 Å². The van der Waals surface area contributed by atoms with Gasteiger partial charge in [0.05, 0.1) is 4.90 Å². The quantitative estimate of drug-likeness (QED) is 0.729. The average Bonchev–Trinajstić information content (AvgIpc) is 2.16. The van der Waals surface area contributed by atoms with Gasteiger partial charge in [-0.3, -0.25) is 4.55 Å². The Morgan fingerprint density at radius 2 is 2.00 bits per heavy atom. The Morgan fingerprint density at radius 3 is 2.67 bits per heavy atom. The summed E-state index contributed by atoms with van der Waals surface area (Å²) in [5.41, 5.74) is 2.10. The minimum Gasteiger partial charge on any atom is -0.312 e. The number of benzene rings is 1. The fourth-order valence-electron chi connectivity index (χ4n) is 1.62. The molecule has 1 aromatic rings. The van der Waals surface area contributed by atoms with Gasteiger partial charge in [-0.05, 0) is 36.2 Å². The van der Waals surface area contributed by atoms with Gasteiger partial charge in [0.1, 0.15) is 0 Å². The van der Waals surface area contributed by atoms with Crippen LogP contribution < -0.4 is 5.32 Å². The normalized spacial score (nSPS) is 15.3. The molecule has 0 radical (unpaired) electrons. The van der Waals surface area contributed by atoms with Gasteiger partial charge >= 0.3 is 0 Å². The van der Waals surface area contributed by atoms with Crippen LogP contribution in [0.1, 0.15) is 11.1 Å². The third-order valence-electron chi connectivity index (χ3n) is 2.36. The van der Waals surface area contributed by atoms with Gasteiger partial charge in [-0.15, -0.1) is 12.4 Å². The molecule has 6 heteroatoms. The molecule has 15 heavy (non-hydrogen) atoms. The summed E-state index contributed by atoms with van der Waals surface area (Å²) in [6, 6.07) is 4.73. The molecular weight excluding hydrogens is 238 g/mol. The van der Waals surface area contributed by atoms with Crippen molar-refractivity contribution in [2.75, 3.05) is 6.54 Å². The van der Waals surface area contributed by atoms with Crippen molar-refractivity contribution < 1.29 is 13.0 Å². The van der Waals surface area contributed by atoms with Crippen LogP contribution in [0.25, 0.3) is 0 Å². The fraction of sp³-hybridized carbons (Fsp3) is 0.333. The van der Waals surface area contributed by atoms with Crippen molar-refractivity contribution in [2.45, 2.75) is 17.9 Å². The van der Waals surface area contributed by atoms with E-state index in [0.717, 1.165) is 24.1 Å². The van der Waals surface area contributed by atoms with E-state index in [-0.39, 0.29) is 17.3 Å². The predicted molar refractivity (Wildman–Crippen MR) is 58.9 cm³/mol. The summed E-state index contributed by atoms with van der Waals surface area (Å²) in [6.45, 7) is 1.58. The number of rotatable bonds is 1. The minimum absolute atomic E-state index is 0. The molecule has 1 aliphatic heterocycles. The maximum atomic E-state index is 10.9. The minimum atomic E-state index is -4.06. The molecule has 0 amide bonds. The summed E-state index contributed by atoms with van der Waals surface area (Å²) in [5, 5.41) is 3.14. The molecule has 0 saturated carbocycles. The summed E-state index contributed by atoms with van der Waals surface area (Å²) in [4.78, 5) is -0.0278. The standard InChI is InChI=1S/C9H11NO3S.ClH/c11-14(12,13)9-2-1-7-3-4-10-6-8(7)5-9;/h1-2,5,10H,3-4,6H2,(H,11,12,13);1H. The highest BCUT2D eigenvalue weighted by Gasteiger charge is 2.14. The molecular formula is C9H12ClNO3S. The van der Waals surface area contributed by atoms with Crippen LogP contribution in [0.3, 0.4) is 0 Å². The molecule has 0 fully saturated rings. The van der Waals surface area contributed by atoms with Crippen LogP contribution in [-0.4, -0.2) is 19.5 Å². The van der Waals surface area contributed by atoms with E-state index < -0.39 is 10.1 Å². The van der Waals surface area contributed by atoms with Crippen molar-refractivity contribution in [3.8, 4) is 0 Å². The number of hydrogen-bond acceptors (Lipinski definition) is 3. The molecule has 1 heterocycles. The molecule has 1 aromatic carbocycles. The topological polar surface area (TPSA) is 66.4 Å². The van der Waals surface area contributed by atoms with Gasteiger partial charge in [0.2, 0.25) is 0 Å². The van der Waals surface area contributed by atoms with Crippen molar-refractivity contribution in [2.24, 2.45) is 0 Å². The zero-order chi connectivity index (χ0) is 10.2. The smallest absolute Gasteiger partial charge is 0.294 e. The Morgan fingerprint density at radius 1 is 1.27 bits per heavy atom. The van der Waals surface area contributed by atoms with Gasteiger partial charge in [0, 0.05) is 6.54 Å². The number of hydrogen-bond donors (Lipinski definition) is 2. The van der Waals surface area contributed by atoms with Crippen molar-refractivity contribution in [1.82, 2.24) is 5.32 Å². The first-order chi connectivity index (χ1) is 6.57.